The molecule has 212 valence electrons. The number of aldehydes is 1. The third-order valence-corrected chi connectivity index (χ3v) is 4.78. The zero-order valence-corrected chi connectivity index (χ0v) is 23.9. The highest BCUT2D eigenvalue weighted by atomic mass is 16.2. The van der Waals surface area contributed by atoms with E-state index in [0.717, 1.165) is 17.5 Å². The summed E-state index contributed by atoms with van der Waals surface area (Å²) >= 11 is 0. The average Bonchev–Trinajstić information content (AvgIpc) is 3.35. The molecule has 2 unspecified atom stereocenters. The van der Waals surface area contributed by atoms with Gasteiger partial charge in [-0.3, -0.25) is 14.4 Å². The molecule has 3 rings (SSSR count). The highest BCUT2D eigenvalue weighted by Gasteiger charge is 2.34. The van der Waals surface area contributed by atoms with Gasteiger partial charge >= 0.3 is 0 Å². The summed E-state index contributed by atoms with van der Waals surface area (Å²) in [6, 6.07) is 21.3. The second-order valence-corrected chi connectivity index (χ2v) is 10.3. The van der Waals surface area contributed by atoms with Crippen LogP contribution in [0.25, 0.3) is 0 Å². The largest absolute Gasteiger partial charge is 0.388 e. The van der Waals surface area contributed by atoms with Crippen LogP contribution < -0.4 is 16.0 Å². The first-order chi connectivity index (χ1) is 18.4. The van der Waals surface area contributed by atoms with Crippen LogP contribution in [0.2, 0.25) is 0 Å². The van der Waals surface area contributed by atoms with Crippen LogP contribution >= 0.6 is 0 Å². The number of nitrogens with one attached hydrogen (secondary N) is 3. The fourth-order valence-corrected chi connectivity index (χ4v) is 3.02. The lowest BCUT2D eigenvalue weighted by molar-refractivity contribution is -0.131. The molecule has 1 aliphatic heterocycles. The molecule has 0 radical (unpaired) electrons. The van der Waals surface area contributed by atoms with Crippen molar-refractivity contribution in [3.8, 4) is 6.07 Å². The number of amides is 3. The minimum absolute atomic E-state index is 0.00820. The lowest BCUT2D eigenvalue weighted by Gasteiger charge is -2.18. The molecule has 1 fully saturated rings. The standard InChI is InChI=1S/C9H11N3O3.C9H11NO.C7H9N.C5H12/c10-2-8-1-7(5-13)4-12(8)9(15)3-11-6-14;1-8(11)10-7-9-5-3-2-4-6-9;1-8-7-5-3-2-4-6-7;1-5(2,3)4/h5-8H,1,3-4H2,(H,11,14);2-6H,7H2,1H3,(H,10,11);2-6,8H,1H3;1-4H3. The van der Waals surface area contributed by atoms with Crippen molar-refractivity contribution in [2.75, 3.05) is 25.5 Å². The van der Waals surface area contributed by atoms with Crippen molar-refractivity contribution in [3.05, 3.63) is 66.2 Å². The maximum Gasteiger partial charge on any atom is 0.243 e. The van der Waals surface area contributed by atoms with Gasteiger partial charge in [0, 0.05) is 38.7 Å². The minimum Gasteiger partial charge on any atom is -0.388 e. The molecule has 0 aliphatic carbocycles. The van der Waals surface area contributed by atoms with Crippen LogP contribution in [0.15, 0.2) is 60.7 Å². The first kappa shape index (κ1) is 34.8. The Bertz CT molecular complexity index is 1010. The van der Waals surface area contributed by atoms with Gasteiger partial charge in [-0.2, -0.15) is 5.26 Å². The molecule has 0 aromatic heterocycles. The highest BCUT2D eigenvalue weighted by Crippen LogP contribution is 2.21. The Labute approximate surface area is 233 Å². The van der Waals surface area contributed by atoms with Crippen LogP contribution in [-0.4, -0.2) is 55.6 Å². The van der Waals surface area contributed by atoms with E-state index >= 15 is 0 Å². The summed E-state index contributed by atoms with van der Waals surface area (Å²) in [5.74, 6) is -0.596. The number of likely N-dealkylation sites (tertiary alicyclic amines) is 1. The van der Waals surface area contributed by atoms with Crippen molar-refractivity contribution in [2.45, 2.75) is 53.6 Å². The lowest BCUT2D eigenvalue weighted by atomic mass is 10.0. The smallest absolute Gasteiger partial charge is 0.243 e. The first-order valence-electron chi connectivity index (χ1n) is 12.8. The number of carbonyl (C=O) groups is 4. The van der Waals surface area contributed by atoms with Gasteiger partial charge in [-0.05, 0) is 29.5 Å². The molecule has 1 heterocycles. The van der Waals surface area contributed by atoms with Gasteiger partial charge < -0.3 is 25.6 Å². The van der Waals surface area contributed by atoms with Gasteiger partial charge in [0.25, 0.3) is 0 Å². The monoisotopic (exact) mass is 537 g/mol. The maximum atomic E-state index is 11.5. The first-order valence-corrected chi connectivity index (χ1v) is 12.8. The van der Waals surface area contributed by atoms with Crippen molar-refractivity contribution in [1.82, 2.24) is 15.5 Å². The summed E-state index contributed by atoms with van der Waals surface area (Å²) in [7, 11) is 1.91. The summed E-state index contributed by atoms with van der Waals surface area (Å²) in [6.07, 6.45) is 1.56. The molecular formula is C30H43N5O4. The minimum atomic E-state index is -0.554. The van der Waals surface area contributed by atoms with E-state index in [0.29, 0.717) is 24.8 Å². The number of nitriles is 1. The predicted molar refractivity (Wildman–Crippen MR) is 154 cm³/mol. The third-order valence-electron chi connectivity index (χ3n) is 4.78. The van der Waals surface area contributed by atoms with Crippen LogP contribution in [0, 0.1) is 22.7 Å². The number of hydrogen-bond acceptors (Lipinski definition) is 6. The van der Waals surface area contributed by atoms with E-state index in [2.05, 4.69) is 43.6 Å². The number of nitrogens with zero attached hydrogens (tertiary/aromatic N) is 2. The molecule has 1 aliphatic rings. The molecule has 0 bridgehead atoms. The number of anilines is 1. The Morgan fingerprint density at radius 3 is 1.97 bits per heavy atom. The van der Waals surface area contributed by atoms with Crippen molar-refractivity contribution < 1.29 is 19.2 Å². The molecule has 0 spiro atoms. The molecule has 39 heavy (non-hydrogen) atoms. The van der Waals surface area contributed by atoms with E-state index in [-0.39, 0.29) is 30.8 Å². The molecule has 0 saturated carbocycles. The van der Waals surface area contributed by atoms with Gasteiger partial charge in [0.15, 0.2) is 0 Å². The Kier molecular flexibility index (Phi) is 17.7. The summed E-state index contributed by atoms with van der Waals surface area (Å²) in [5, 5.41) is 16.8. The van der Waals surface area contributed by atoms with Gasteiger partial charge in [0.05, 0.1) is 12.6 Å². The molecule has 2 atom stereocenters. The maximum absolute atomic E-state index is 11.5. The molecular weight excluding hydrogens is 494 g/mol. The molecule has 2 aromatic rings. The van der Waals surface area contributed by atoms with E-state index in [1.165, 1.54) is 11.8 Å². The van der Waals surface area contributed by atoms with Gasteiger partial charge in [-0.15, -0.1) is 0 Å². The quantitative estimate of drug-likeness (QED) is 0.461. The fourth-order valence-electron chi connectivity index (χ4n) is 3.02. The van der Waals surface area contributed by atoms with Crippen LogP contribution in [-0.2, 0) is 25.7 Å². The average molecular weight is 538 g/mol. The van der Waals surface area contributed by atoms with Crippen molar-refractivity contribution in [3.63, 3.8) is 0 Å². The molecule has 3 amide bonds. The topological polar surface area (TPSA) is 131 Å². The van der Waals surface area contributed by atoms with E-state index in [1.807, 2.05) is 73.8 Å². The van der Waals surface area contributed by atoms with E-state index < -0.39 is 6.04 Å². The number of rotatable bonds is 7. The zero-order valence-electron chi connectivity index (χ0n) is 23.9. The van der Waals surface area contributed by atoms with E-state index in [9.17, 15) is 19.2 Å². The summed E-state index contributed by atoms with van der Waals surface area (Å²) in [5.41, 5.74) is 2.79. The lowest BCUT2D eigenvalue weighted by Crippen LogP contribution is -2.40. The van der Waals surface area contributed by atoms with Gasteiger partial charge in [0.2, 0.25) is 18.2 Å². The Hall–Kier alpha value is -4.19. The predicted octanol–water partition coefficient (Wildman–Crippen LogP) is 3.78. The van der Waals surface area contributed by atoms with E-state index in [1.54, 1.807) is 0 Å². The van der Waals surface area contributed by atoms with Gasteiger partial charge in [-0.1, -0.05) is 76.2 Å². The number of hydrogen-bond donors (Lipinski definition) is 3. The molecule has 1 saturated heterocycles. The van der Waals surface area contributed by atoms with Gasteiger partial charge in [-0.25, -0.2) is 0 Å². The number of benzene rings is 2. The normalized spacial score (nSPS) is 15.3. The van der Waals surface area contributed by atoms with Crippen LogP contribution in [0.3, 0.4) is 0 Å². The molecule has 9 heteroatoms. The summed E-state index contributed by atoms with van der Waals surface area (Å²) in [4.78, 5) is 43.8. The second kappa shape index (κ2) is 19.9. The Morgan fingerprint density at radius 1 is 1.03 bits per heavy atom. The Balaban J connectivity index is 0.000000530. The molecule has 3 N–H and O–H groups in total. The number of para-hydroxylation sites is 1. The third kappa shape index (κ3) is 18.7. The summed E-state index contributed by atoms with van der Waals surface area (Å²) in [6.45, 7) is 11.0. The second-order valence-electron chi connectivity index (χ2n) is 10.3. The fraction of sp³-hybridized carbons (Fsp3) is 0.433. The molecule has 2 aromatic carbocycles. The van der Waals surface area contributed by atoms with Crippen molar-refractivity contribution >= 4 is 30.2 Å². The molecule has 9 nitrogen and oxygen atoms in total. The van der Waals surface area contributed by atoms with E-state index in [4.69, 9.17) is 5.26 Å². The SMILES string of the molecule is CC(=O)NCc1ccccc1.CC(C)(C)C.CNc1ccccc1.N#CC1CC(C=O)CN1C(=O)CNC=O. The zero-order chi connectivity index (χ0) is 29.7. The van der Waals surface area contributed by atoms with Crippen LogP contribution in [0.1, 0.15) is 46.6 Å². The van der Waals surface area contributed by atoms with Crippen LogP contribution in [0.5, 0.6) is 0 Å². The van der Waals surface area contributed by atoms with Gasteiger partial charge in [0.1, 0.15) is 12.3 Å². The highest BCUT2D eigenvalue weighted by molar-refractivity contribution is 5.81. The van der Waals surface area contributed by atoms with Crippen molar-refractivity contribution in [1.29, 1.82) is 5.26 Å². The van der Waals surface area contributed by atoms with Crippen molar-refractivity contribution in [2.24, 2.45) is 11.3 Å². The van der Waals surface area contributed by atoms with Crippen LogP contribution in [0.4, 0.5) is 5.69 Å². The Morgan fingerprint density at radius 2 is 1.56 bits per heavy atom. The summed E-state index contributed by atoms with van der Waals surface area (Å²) < 4.78 is 0. The number of carbonyl (C=O) groups excluding carboxylic acids is 4.